The molecule has 0 unspecified atom stereocenters. The van der Waals surface area contributed by atoms with Gasteiger partial charge in [-0.2, -0.15) is 0 Å². The number of hydrogen-bond donors (Lipinski definition) is 1. The summed E-state index contributed by atoms with van der Waals surface area (Å²) in [5.74, 6) is 6.40. The Morgan fingerprint density at radius 1 is 1.32 bits per heavy atom. The smallest absolute Gasteiger partial charge is 0.222 e. The third-order valence-corrected chi connectivity index (χ3v) is 2.97. The minimum Gasteiger partial charge on any atom is -0.492 e. The summed E-state index contributed by atoms with van der Waals surface area (Å²) in [5.41, 5.74) is 0.844. The molecule has 1 N–H and O–H groups in total. The maximum atomic E-state index is 11.4. The SMILES string of the molecule is O=C1CCCN1CCOc1ccc(C#CCO)cc1. The van der Waals surface area contributed by atoms with Gasteiger partial charge in [0.1, 0.15) is 19.0 Å². The van der Waals surface area contributed by atoms with Crippen LogP contribution in [-0.2, 0) is 4.79 Å². The molecule has 0 bridgehead atoms. The van der Waals surface area contributed by atoms with Crippen LogP contribution in [-0.4, -0.2) is 42.2 Å². The molecule has 2 rings (SSSR count). The van der Waals surface area contributed by atoms with Crippen LogP contribution in [0.3, 0.4) is 0 Å². The summed E-state index contributed by atoms with van der Waals surface area (Å²) in [6, 6.07) is 7.37. The first-order chi connectivity index (χ1) is 9.29. The van der Waals surface area contributed by atoms with Gasteiger partial charge in [-0.05, 0) is 30.7 Å². The van der Waals surface area contributed by atoms with Crippen LogP contribution in [0.4, 0.5) is 0 Å². The minimum atomic E-state index is -0.137. The first-order valence-corrected chi connectivity index (χ1v) is 6.40. The Morgan fingerprint density at radius 3 is 2.74 bits per heavy atom. The highest BCUT2D eigenvalue weighted by Crippen LogP contribution is 2.13. The Kier molecular flexibility index (Phi) is 4.82. The largest absolute Gasteiger partial charge is 0.492 e. The molecule has 4 heteroatoms. The molecular weight excluding hydrogens is 242 g/mol. The first-order valence-electron chi connectivity index (χ1n) is 6.40. The van der Waals surface area contributed by atoms with Crippen molar-refractivity contribution in [3.8, 4) is 17.6 Å². The van der Waals surface area contributed by atoms with E-state index < -0.39 is 0 Å². The molecule has 1 amide bonds. The molecule has 1 aliphatic rings. The molecule has 0 atom stereocenters. The Morgan fingerprint density at radius 2 is 2.11 bits per heavy atom. The number of carbonyl (C=O) groups is 1. The van der Waals surface area contributed by atoms with Gasteiger partial charge in [-0.25, -0.2) is 0 Å². The number of aliphatic hydroxyl groups excluding tert-OH is 1. The van der Waals surface area contributed by atoms with Gasteiger partial charge >= 0.3 is 0 Å². The Labute approximate surface area is 113 Å². The van der Waals surface area contributed by atoms with Crippen LogP contribution in [0.5, 0.6) is 5.75 Å². The molecule has 1 aromatic carbocycles. The molecule has 1 fully saturated rings. The highest BCUT2D eigenvalue weighted by atomic mass is 16.5. The summed E-state index contributed by atoms with van der Waals surface area (Å²) in [6.07, 6.45) is 1.62. The second-order valence-corrected chi connectivity index (χ2v) is 4.32. The molecule has 1 heterocycles. The van der Waals surface area contributed by atoms with Crippen molar-refractivity contribution >= 4 is 5.91 Å². The van der Waals surface area contributed by atoms with Crippen LogP contribution in [0.2, 0.25) is 0 Å². The van der Waals surface area contributed by atoms with Crippen LogP contribution < -0.4 is 4.74 Å². The maximum absolute atomic E-state index is 11.4. The predicted octanol–water partition coefficient (Wildman–Crippen LogP) is 1.03. The zero-order valence-corrected chi connectivity index (χ0v) is 10.8. The molecular formula is C15H17NO3. The number of carbonyl (C=O) groups excluding carboxylic acids is 1. The number of likely N-dealkylation sites (tertiary alicyclic amines) is 1. The van der Waals surface area contributed by atoms with Gasteiger partial charge in [0.15, 0.2) is 0 Å². The van der Waals surface area contributed by atoms with Crippen molar-refractivity contribution in [1.29, 1.82) is 0 Å². The van der Waals surface area contributed by atoms with Crippen molar-refractivity contribution < 1.29 is 14.6 Å². The van der Waals surface area contributed by atoms with E-state index in [1.165, 1.54) is 0 Å². The fourth-order valence-corrected chi connectivity index (χ4v) is 1.99. The quantitative estimate of drug-likeness (QED) is 0.822. The molecule has 1 aromatic rings. The molecule has 0 spiro atoms. The van der Waals surface area contributed by atoms with Crippen molar-refractivity contribution in [2.24, 2.45) is 0 Å². The Hall–Kier alpha value is -1.99. The molecule has 0 aromatic heterocycles. The second-order valence-electron chi connectivity index (χ2n) is 4.32. The van der Waals surface area contributed by atoms with Gasteiger partial charge in [0.2, 0.25) is 5.91 Å². The normalized spacial score (nSPS) is 14.2. The van der Waals surface area contributed by atoms with Crippen LogP contribution in [0.1, 0.15) is 18.4 Å². The minimum absolute atomic E-state index is 0.137. The Balaban J connectivity index is 1.78. The van der Waals surface area contributed by atoms with Gasteiger partial charge in [-0.1, -0.05) is 11.8 Å². The standard InChI is InChI=1S/C15H17NO3/c17-11-2-3-13-5-7-14(8-6-13)19-12-10-16-9-1-4-15(16)18/h5-8,17H,1,4,9-12H2. The summed E-state index contributed by atoms with van der Waals surface area (Å²) in [5, 5.41) is 8.59. The number of benzene rings is 1. The van der Waals surface area contributed by atoms with Crippen LogP contribution >= 0.6 is 0 Å². The molecule has 100 valence electrons. The van der Waals surface area contributed by atoms with E-state index >= 15 is 0 Å². The highest BCUT2D eigenvalue weighted by molar-refractivity contribution is 5.78. The number of nitrogens with zero attached hydrogens (tertiary/aromatic N) is 1. The number of amides is 1. The third kappa shape index (κ3) is 4.01. The maximum Gasteiger partial charge on any atom is 0.222 e. The zero-order valence-electron chi connectivity index (χ0n) is 10.8. The number of rotatable bonds is 4. The third-order valence-electron chi connectivity index (χ3n) is 2.97. The average Bonchev–Trinajstić information content (AvgIpc) is 2.84. The van der Waals surface area contributed by atoms with Crippen molar-refractivity contribution in [2.45, 2.75) is 12.8 Å². The van der Waals surface area contributed by atoms with E-state index in [1.54, 1.807) is 0 Å². The van der Waals surface area contributed by atoms with Crippen molar-refractivity contribution in [3.05, 3.63) is 29.8 Å². The van der Waals surface area contributed by atoms with E-state index in [4.69, 9.17) is 9.84 Å². The van der Waals surface area contributed by atoms with Crippen LogP contribution in [0.25, 0.3) is 0 Å². The molecule has 4 nitrogen and oxygen atoms in total. The number of ether oxygens (including phenoxy) is 1. The lowest BCUT2D eigenvalue weighted by Crippen LogP contribution is -2.29. The van der Waals surface area contributed by atoms with E-state index in [-0.39, 0.29) is 12.5 Å². The van der Waals surface area contributed by atoms with E-state index in [2.05, 4.69) is 11.8 Å². The molecule has 0 aliphatic carbocycles. The Bertz CT molecular complexity index is 484. The van der Waals surface area contributed by atoms with Gasteiger partial charge in [0, 0.05) is 18.5 Å². The average molecular weight is 259 g/mol. The monoisotopic (exact) mass is 259 g/mol. The molecule has 1 saturated heterocycles. The number of hydrogen-bond acceptors (Lipinski definition) is 3. The van der Waals surface area contributed by atoms with Crippen LogP contribution in [0.15, 0.2) is 24.3 Å². The van der Waals surface area contributed by atoms with E-state index in [0.717, 1.165) is 24.3 Å². The van der Waals surface area contributed by atoms with Gasteiger partial charge in [0.25, 0.3) is 0 Å². The summed E-state index contributed by atoms with van der Waals surface area (Å²) >= 11 is 0. The van der Waals surface area contributed by atoms with E-state index in [0.29, 0.717) is 19.6 Å². The van der Waals surface area contributed by atoms with E-state index in [9.17, 15) is 4.79 Å². The van der Waals surface area contributed by atoms with Crippen molar-refractivity contribution in [2.75, 3.05) is 26.3 Å². The fourth-order valence-electron chi connectivity index (χ4n) is 1.99. The van der Waals surface area contributed by atoms with Gasteiger partial charge in [-0.15, -0.1) is 0 Å². The second kappa shape index (κ2) is 6.81. The van der Waals surface area contributed by atoms with Crippen molar-refractivity contribution in [3.63, 3.8) is 0 Å². The highest BCUT2D eigenvalue weighted by Gasteiger charge is 2.19. The molecule has 0 saturated carbocycles. The zero-order chi connectivity index (χ0) is 13.5. The number of aliphatic hydroxyl groups is 1. The molecule has 19 heavy (non-hydrogen) atoms. The van der Waals surface area contributed by atoms with Gasteiger partial charge in [0.05, 0.1) is 6.54 Å². The lowest BCUT2D eigenvalue weighted by molar-refractivity contribution is -0.128. The summed E-state index contributed by atoms with van der Waals surface area (Å²) in [6.45, 7) is 1.86. The van der Waals surface area contributed by atoms with Crippen LogP contribution in [0, 0.1) is 11.8 Å². The molecule has 0 radical (unpaired) electrons. The lowest BCUT2D eigenvalue weighted by atomic mass is 10.2. The predicted molar refractivity (Wildman–Crippen MR) is 71.7 cm³/mol. The topological polar surface area (TPSA) is 49.8 Å². The van der Waals surface area contributed by atoms with E-state index in [1.807, 2.05) is 29.2 Å². The summed E-state index contributed by atoms with van der Waals surface area (Å²) < 4.78 is 5.58. The fraction of sp³-hybridized carbons (Fsp3) is 0.400. The van der Waals surface area contributed by atoms with Crippen molar-refractivity contribution in [1.82, 2.24) is 4.90 Å². The summed E-state index contributed by atoms with van der Waals surface area (Å²) in [4.78, 5) is 13.2. The first kappa shape index (κ1) is 13.4. The lowest BCUT2D eigenvalue weighted by Gasteiger charge is -2.15. The molecule has 1 aliphatic heterocycles. The van der Waals surface area contributed by atoms with Gasteiger partial charge in [-0.3, -0.25) is 4.79 Å². The summed E-state index contributed by atoms with van der Waals surface area (Å²) in [7, 11) is 0. The van der Waals surface area contributed by atoms with Gasteiger partial charge < -0.3 is 14.7 Å².